The molecule has 27 heavy (non-hydrogen) atoms. The first-order valence-corrected chi connectivity index (χ1v) is 7.94. The van der Waals surface area contributed by atoms with E-state index >= 15 is 0 Å². The van der Waals surface area contributed by atoms with Crippen LogP contribution in [-0.4, -0.2) is 173 Å². The first kappa shape index (κ1) is 29.4. The molecule has 13 heteroatoms. The van der Waals surface area contributed by atoms with Gasteiger partial charge in [-0.05, 0) is 0 Å². The minimum absolute atomic E-state index is 0. The normalized spacial score (nSPS) is 30.1. The van der Waals surface area contributed by atoms with Crippen LogP contribution in [-0.2, 0) is 4.79 Å². The van der Waals surface area contributed by atoms with Gasteiger partial charge in [0.1, 0.15) is 36.6 Å². The third-order valence-electron chi connectivity index (χ3n) is 4.02. The number of hydrogen-bond donors (Lipinski definition) is 10. The van der Waals surface area contributed by atoms with Crippen LogP contribution in [0.3, 0.4) is 0 Å². The molecule has 0 aromatic heterocycles. The van der Waals surface area contributed by atoms with E-state index in [2.05, 4.69) is 0 Å². The van der Waals surface area contributed by atoms with Crippen LogP contribution < -0.4 is 0 Å². The summed E-state index contributed by atoms with van der Waals surface area (Å²) >= 11 is 0. The summed E-state index contributed by atoms with van der Waals surface area (Å²) in [5.74, 6) is 0. The molecule has 158 valence electrons. The molecule has 0 saturated carbocycles. The predicted octanol–water partition coefficient (Wildman–Crippen LogP) is -7.29. The minimum atomic E-state index is -1.79. The molecule has 1 aliphatic heterocycles. The van der Waals surface area contributed by atoms with E-state index in [1.165, 1.54) is 0 Å². The van der Waals surface area contributed by atoms with Gasteiger partial charge in [0, 0.05) is 13.1 Å². The van der Waals surface area contributed by atoms with Crippen molar-refractivity contribution in [3.05, 3.63) is 0 Å². The third kappa shape index (κ3) is 9.06. The van der Waals surface area contributed by atoms with E-state index in [0.717, 1.165) is 0 Å². The summed E-state index contributed by atoms with van der Waals surface area (Å²) in [5.41, 5.74) is 0. The first-order chi connectivity index (χ1) is 12.2. The van der Waals surface area contributed by atoms with Gasteiger partial charge in [0.2, 0.25) is 0 Å². The van der Waals surface area contributed by atoms with Gasteiger partial charge < -0.3 is 55.9 Å². The second-order valence-corrected chi connectivity index (χ2v) is 5.87. The summed E-state index contributed by atoms with van der Waals surface area (Å²) in [5, 5.41) is 89.4. The molecule has 1 rings (SSSR count). The zero-order valence-electron chi connectivity index (χ0n) is 14.1. The Kier molecular flexibility index (Phi) is 16.5. The topological polar surface area (TPSA) is 223 Å². The van der Waals surface area contributed by atoms with Crippen LogP contribution in [0.2, 0.25) is 0 Å². The van der Waals surface area contributed by atoms with Crippen molar-refractivity contribution < 1.29 is 55.9 Å². The van der Waals surface area contributed by atoms with Crippen LogP contribution >= 0.6 is 0 Å². The van der Waals surface area contributed by atoms with Crippen LogP contribution in [0.1, 0.15) is 0 Å². The Balaban J connectivity index is 0. The van der Waals surface area contributed by atoms with Gasteiger partial charge in [0.05, 0.1) is 32.0 Å². The Bertz CT molecular complexity index is 394. The second-order valence-electron chi connectivity index (χ2n) is 5.87. The molecule has 8 atom stereocenters. The fraction of sp³-hybridized carbons (Fsp3) is 0.929. The number of carbonyl (C=O) groups excluding carboxylic acids is 1. The molecule has 1 fully saturated rings. The Morgan fingerprint density at radius 1 is 0.963 bits per heavy atom. The van der Waals surface area contributed by atoms with Crippen molar-refractivity contribution in [1.29, 1.82) is 0 Å². The van der Waals surface area contributed by atoms with Crippen LogP contribution in [0.4, 0.5) is 0 Å². The van der Waals surface area contributed by atoms with Crippen molar-refractivity contribution in [2.24, 2.45) is 0 Å². The van der Waals surface area contributed by atoms with Crippen molar-refractivity contribution in [2.75, 3.05) is 32.9 Å². The number of aliphatic hydroxyl groups excluding tert-OH is 10. The van der Waals surface area contributed by atoms with E-state index in [9.17, 15) is 20.1 Å². The van der Waals surface area contributed by atoms with Crippen LogP contribution in [0.5, 0.6) is 0 Å². The Hall–Kier alpha value is 0.230. The SMILES string of the molecule is O=C[C@H](O)[C@@H](O)[C@H](O)[C@H](O)CO.OCCN1C[C@H](O)[C@@H](O)[C@H](O)[C@H]1CO.[NaH]. The van der Waals surface area contributed by atoms with E-state index in [0.29, 0.717) is 0 Å². The standard InChI is InChI=1S/C8H17NO5.C6H12O6.Na.H/c10-2-1-9-3-6(12)8(14)7(13)5(9)4-11;7-1-3(9)5(11)6(12)4(10)2-8;;/h5-8,10-14H,1-4H2;1,3-6,8-12H,2H2;;/t5-,6+,7-,8-;3-,4+,5+,6+;;/m10../s1. The molecule has 0 unspecified atom stereocenters. The monoisotopic (exact) mass is 411 g/mol. The van der Waals surface area contributed by atoms with E-state index in [4.69, 9.17) is 35.7 Å². The average molecular weight is 411 g/mol. The Morgan fingerprint density at radius 2 is 1.52 bits per heavy atom. The van der Waals surface area contributed by atoms with E-state index < -0.39 is 55.4 Å². The molecular weight excluding hydrogens is 381 g/mol. The van der Waals surface area contributed by atoms with Crippen LogP contribution in [0.15, 0.2) is 0 Å². The Morgan fingerprint density at radius 3 is 1.93 bits per heavy atom. The maximum atomic E-state index is 9.90. The molecule has 0 aromatic rings. The summed E-state index contributed by atoms with van der Waals surface area (Å²) in [6, 6.07) is -0.624. The number of β-amino-alcohol motifs (C(OH)–C–C–N with tert-alkyl or cyclic N) is 2. The number of aliphatic hydroxyl groups is 10. The van der Waals surface area contributed by atoms with Crippen molar-refractivity contribution in [3.63, 3.8) is 0 Å². The number of rotatable bonds is 8. The molecule has 10 N–H and O–H groups in total. The van der Waals surface area contributed by atoms with Crippen molar-refractivity contribution in [2.45, 2.75) is 48.8 Å². The summed E-state index contributed by atoms with van der Waals surface area (Å²) in [6.45, 7) is -0.795. The van der Waals surface area contributed by atoms with Gasteiger partial charge in [-0.15, -0.1) is 0 Å². The van der Waals surface area contributed by atoms with Crippen molar-refractivity contribution in [1.82, 2.24) is 4.90 Å². The van der Waals surface area contributed by atoms with E-state index in [1.54, 1.807) is 4.90 Å². The molecule has 0 radical (unpaired) electrons. The molecule has 1 heterocycles. The molecule has 1 aliphatic rings. The van der Waals surface area contributed by atoms with E-state index in [1.807, 2.05) is 0 Å². The number of hydrogen-bond acceptors (Lipinski definition) is 12. The Labute approximate surface area is 178 Å². The molecule has 0 aliphatic carbocycles. The van der Waals surface area contributed by atoms with E-state index in [-0.39, 0.29) is 62.1 Å². The van der Waals surface area contributed by atoms with Crippen LogP contribution in [0.25, 0.3) is 0 Å². The van der Waals surface area contributed by atoms with Gasteiger partial charge >= 0.3 is 29.6 Å². The second kappa shape index (κ2) is 15.1. The van der Waals surface area contributed by atoms with Crippen molar-refractivity contribution in [3.8, 4) is 0 Å². The van der Waals surface area contributed by atoms with Crippen molar-refractivity contribution >= 4 is 35.8 Å². The molecule has 0 spiro atoms. The summed E-state index contributed by atoms with van der Waals surface area (Å²) < 4.78 is 0. The molecule has 0 aromatic carbocycles. The first-order valence-electron chi connectivity index (χ1n) is 7.94. The molecule has 0 bridgehead atoms. The molecule has 0 amide bonds. The van der Waals surface area contributed by atoms with Gasteiger partial charge in [-0.3, -0.25) is 4.90 Å². The number of piperidine rings is 1. The summed E-state index contributed by atoms with van der Waals surface area (Å²) in [6.07, 6.45) is -10.3. The maximum absolute atomic E-state index is 9.90. The van der Waals surface area contributed by atoms with Gasteiger partial charge in [-0.2, -0.15) is 0 Å². The molecule has 12 nitrogen and oxygen atoms in total. The fourth-order valence-corrected chi connectivity index (χ4v) is 2.38. The van der Waals surface area contributed by atoms with Crippen LogP contribution in [0, 0.1) is 0 Å². The molecule has 1 saturated heterocycles. The van der Waals surface area contributed by atoms with Gasteiger partial charge in [-0.1, -0.05) is 0 Å². The molecular formula is C14H30NNaO11. The summed E-state index contributed by atoms with van der Waals surface area (Å²) in [4.78, 5) is 11.5. The average Bonchev–Trinajstić information content (AvgIpc) is 2.64. The third-order valence-corrected chi connectivity index (χ3v) is 4.02. The predicted molar refractivity (Wildman–Crippen MR) is 91.9 cm³/mol. The zero-order chi connectivity index (χ0) is 20.4. The number of carbonyl (C=O) groups is 1. The number of nitrogens with zero attached hydrogens (tertiary/aromatic N) is 1. The van der Waals surface area contributed by atoms with Gasteiger partial charge in [-0.25, -0.2) is 0 Å². The van der Waals surface area contributed by atoms with Gasteiger partial charge in [0.25, 0.3) is 0 Å². The zero-order valence-corrected chi connectivity index (χ0v) is 14.1. The quantitative estimate of drug-likeness (QED) is 0.133. The van der Waals surface area contributed by atoms with Gasteiger partial charge in [0.15, 0.2) is 6.29 Å². The summed E-state index contributed by atoms with van der Waals surface area (Å²) in [7, 11) is 0. The number of likely N-dealkylation sites (tertiary alicyclic amines) is 1. The fourth-order valence-electron chi connectivity index (χ4n) is 2.38. The number of aldehydes is 1.